The van der Waals surface area contributed by atoms with Crippen LogP contribution >= 0.6 is 0 Å². The van der Waals surface area contributed by atoms with E-state index in [1.165, 1.54) is 31.2 Å². The number of allylic oxidation sites excluding steroid dienone is 1. The number of rotatable bonds is 6. The Hall–Kier alpha value is -1.28. The molecule has 0 heterocycles. The largest absolute Gasteiger partial charge is 0.497 e. The molecule has 2 heteroatoms. The fourth-order valence-corrected chi connectivity index (χ4v) is 2.67. The van der Waals surface area contributed by atoms with Crippen molar-refractivity contribution in [3.63, 3.8) is 0 Å². The van der Waals surface area contributed by atoms with Crippen LogP contribution in [0.3, 0.4) is 0 Å². The molecule has 1 atom stereocenters. The van der Waals surface area contributed by atoms with E-state index in [1.54, 1.807) is 12.7 Å². The van der Waals surface area contributed by atoms with Gasteiger partial charge < -0.3 is 10.5 Å². The van der Waals surface area contributed by atoms with Crippen molar-refractivity contribution in [1.82, 2.24) is 0 Å². The fourth-order valence-electron chi connectivity index (χ4n) is 2.67. The maximum absolute atomic E-state index is 6.24. The highest BCUT2D eigenvalue weighted by Crippen LogP contribution is 2.22. The molecule has 0 radical (unpaired) electrons. The molecular weight excluding hydrogens is 234 g/mol. The molecule has 1 aliphatic carbocycles. The number of aryl methyl sites for hydroxylation is 1. The van der Waals surface area contributed by atoms with Crippen LogP contribution in [0, 0.1) is 0 Å². The highest BCUT2D eigenvalue weighted by molar-refractivity contribution is 5.27. The van der Waals surface area contributed by atoms with Gasteiger partial charge in [-0.15, -0.1) is 0 Å². The van der Waals surface area contributed by atoms with Crippen LogP contribution in [0.15, 0.2) is 35.9 Å². The maximum atomic E-state index is 6.24. The van der Waals surface area contributed by atoms with Crippen LogP contribution < -0.4 is 10.5 Å². The second-order valence-corrected chi connectivity index (χ2v) is 5.46. The van der Waals surface area contributed by atoms with Crippen molar-refractivity contribution >= 4 is 0 Å². The van der Waals surface area contributed by atoms with Gasteiger partial charge in [-0.25, -0.2) is 0 Å². The average molecular weight is 259 g/mol. The Balaban J connectivity index is 1.75. The van der Waals surface area contributed by atoms with Gasteiger partial charge in [-0.1, -0.05) is 23.8 Å². The van der Waals surface area contributed by atoms with Gasteiger partial charge in [-0.3, -0.25) is 0 Å². The van der Waals surface area contributed by atoms with Gasteiger partial charge in [0.05, 0.1) is 7.11 Å². The minimum Gasteiger partial charge on any atom is -0.497 e. The molecular formula is C17H25NO. The lowest BCUT2D eigenvalue weighted by Gasteiger charge is -2.17. The van der Waals surface area contributed by atoms with E-state index < -0.39 is 0 Å². The summed E-state index contributed by atoms with van der Waals surface area (Å²) in [6.07, 6.45) is 10.8. The molecule has 1 aromatic carbocycles. The first-order chi connectivity index (χ1) is 9.28. The molecule has 0 saturated carbocycles. The minimum atomic E-state index is 0.298. The van der Waals surface area contributed by atoms with E-state index >= 15 is 0 Å². The Kier molecular flexibility index (Phi) is 5.46. The second kappa shape index (κ2) is 7.34. The van der Waals surface area contributed by atoms with Crippen LogP contribution in [-0.2, 0) is 6.42 Å². The molecule has 2 N–H and O–H groups in total. The number of methoxy groups -OCH3 is 1. The molecule has 1 aromatic rings. The van der Waals surface area contributed by atoms with Crippen LogP contribution in [0.1, 0.15) is 44.1 Å². The van der Waals surface area contributed by atoms with Crippen molar-refractivity contribution in [2.75, 3.05) is 7.11 Å². The molecule has 1 unspecified atom stereocenters. The van der Waals surface area contributed by atoms with Gasteiger partial charge in [0.25, 0.3) is 0 Å². The van der Waals surface area contributed by atoms with Crippen LogP contribution in [0.5, 0.6) is 5.75 Å². The Morgan fingerprint density at radius 2 is 2.00 bits per heavy atom. The summed E-state index contributed by atoms with van der Waals surface area (Å²) in [6, 6.07) is 8.60. The van der Waals surface area contributed by atoms with E-state index in [-0.39, 0.29) is 0 Å². The molecule has 2 rings (SSSR count). The fraction of sp³-hybridized carbons (Fsp3) is 0.529. The Morgan fingerprint density at radius 1 is 1.21 bits per heavy atom. The zero-order valence-corrected chi connectivity index (χ0v) is 11.9. The summed E-state index contributed by atoms with van der Waals surface area (Å²) >= 11 is 0. The maximum Gasteiger partial charge on any atom is 0.118 e. The smallest absolute Gasteiger partial charge is 0.118 e. The lowest BCUT2D eigenvalue weighted by molar-refractivity contribution is 0.414. The highest BCUT2D eigenvalue weighted by atomic mass is 16.5. The van der Waals surface area contributed by atoms with Crippen molar-refractivity contribution in [1.29, 1.82) is 0 Å². The molecule has 0 saturated heterocycles. The van der Waals surface area contributed by atoms with Gasteiger partial charge in [-0.05, 0) is 62.6 Å². The summed E-state index contributed by atoms with van der Waals surface area (Å²) < 4.78 is 5.16. The first-order valence-corrected chi connectivity index (χ1v) is 7.34. The Labute approximate surface area is 116 Å². The third-order valence-electron chi connectivity index (χ3n) is 3.87. The number of benzene rings is 1. The molecule has 19 heavy (non-hydrogen) atoms. The normalized spacial score (nSPS) is 16.8. The Morgan fingerprint density at radius 3 is 2.63 bits per heavy atom. The van der Waals surface area contributed by atoms with E-state index in [9.17, 15) is 0 Å². The van der Waals surface area contributed by atoms with Gasteiger partial charge in [-0.2, -0.15) is 0 Å². The third kappa shape index (κ3) is 4.71. The average Bonchev–Trinajstić information content (AvgIpc) is 2.47. The molecule has 0 amide bonds. The van der Waals surface area contributed by atoms with Crippen LogP contribution in [0.2, 0.25) is 0 Å². The lowest BCUT2D eigenvalue weighted by atomic mass is 9.92. The number of ether oxygens (including phenoxy) is 1. The SMILES string of the molecule is COc1ccc(CCC(N)CC2=CCCCC2)cc1. The van der Waals surface area contributed by atoms with E-state index in [0.29, 0.717) is 6.04 Å². The standard InChI is InChI=1S/C17H25NO/c1-19-17-11-8-14(9-12-17)7-10-16(18)13-15-5-3-2-4-6-15/h5,8-9,11-12,16H,2-4,6-7,10,13,18H2,1H3. The summed E-state index contributed by atoms with van der Waals surface area (Å²) in [5.74, 6) is 0.917. The molecule has 0 bridgehead atoms. The summed E-state index contributed by atoms with van der Waals surface area (Å²) in [5, 5.41) is 0. The van der Waals surface area contributed by atoms with Gasteiger partial charge in [0.2, 0.25) is 0 Å². The van der Waals surface area contributed by atoms with Gasteiger partial charge >= 0.3 is 0 Å². The first-order valence-electron chi connectivity index (χ1n) is 7.34. The van der Waals surface area contributed by atoms with Crippen molar-refractivity contribution in [3.8, 4) is 5.75 Å². The van der Waals surface area contributed by atoms with Crippen molar-refractivity contribution in [2.24, 2.45) is 5.73 Å². The minimum absolute atomic E-state index is 0.298. The van der Waals surface area contributed by atoms with E-state index in [1.807, 2.05) is 12.1 Å². The van der Waals surface area contributed by atoms with Crippen molar-refractivity contribution in [2.45, 2.75) is 51.0 Å². The monoisotopic (exact) mass is 259 g/mol. The molecule has 0 aromatic heterocycles. The van der Waals surface area contributed by atoms with E-state index in [4.69, 9.17) is 10.5 Å². The predicted octanol–water partition coefficient (Wildman–Crippen LogP) is 3.85. The lowest BCUT2D eigenvalue weighted by Crippen LogP contribution is -2.21. The number of hydrogen-bond acceptors (Lipinski definition) is 2. The number of nitrogens with two attached hydrogens (primary N) is 1. The van der Waals surface area contributed by atoms with Crippen LogP contribution in [0.25, 0.3) is 0 Å². The van der Waals surface area contributed by atoms with Crippen LogP contribution in [0.4, 0.5) is 0 Å². The predicted molar refractivity (Wildman–Crippen MR) is 80.5 cm³/mol. The van der Waals surface area contributed by atoms with E-state index in [2.05, 4.69) is 18.2 Å². The van der Waals surface area contributed by atoms with Crippen LogP contribution in [-0.4, -0.2) is 13.2 Å². The molecule has 0 aliphatic heterocycles. The molecule has 0 fully saturated rings. The number of hydrogen-bond donors (Lipinski definition) is 1. The van der Waals surface area contributed by atoms with E-state index in [0.717, 1.165) is 25.0 Å². The van der Waals surface area contributed by atoms with Gasteiger partial charge in [0.15, 0.2) is 0 Å². The summed E-state index contributed by atoms with van der Waals surface area (Å²) in [5.41, 5.74) is 9.16. The summed E-state index contributed by atoms with van der Waals surface area (Å²) in [4.78, 5) is 0. The van der Waals surface area contributed by atoms with Crippen molar-refractivity contribution in [3.05, 3.63) is 41.5 Å². The molecule has 0 spiro atoms. The Bertz CT molecular complexity index is 408. The van der Waals surface area contributed by atoms with Crippen molar-refractivity contribution < 1.29 is 4.74 Å². The van der Waals surface area contributed by atoms with Gasteiger partial charge in [0, 0.05) is 6.04 Å². The summed E-state index contributed by atoms with van der Waals surface area (Å²) in [6.45, 7) is 0. The quantitative estimate of drug-likeness (QED) is 0.788. The molecule has 2 nitrogen and oxygen atoms in total. The zero-order valence-electron chi connectivity index (χ0n) is 11.9. The summed E-state index contributed by atoms with van der Waals surface area (Å²) in [7, 11) is 1.70. The first kappa shape index (κ1) is 14.1. The highest BCUT2D eigenvalue weighted by Gasteiger charge is 2.09. The van der Waals surface area contributed by atoms with Gasteiger partial charge in [0.1, 0.15) is 5.75 Å². The molecule has 1 aliphatic rings. The third-order valence-corrected chi connectivity index (χ3v) is 3.87. The molecule has 104 valence electrons. The second-order valence-electron chi connectivity index (χ2n) is 5.46. The topological polar surface area (TPSA) is 35.2 Å². The zero-order chi connectivity index (χ0) is 13.5.